The number of rotatable bonds is 13. The molecule has 158 valence electrons. The molecular formula is C24H34N2O3. The molecule has 1 heterocycles. The van der Waals surface area contributed by atoms with E-state index in [4.69, 9.17) is 9.47 Å². The minimum Gasteiger partial charge on any atom is -0.425 e. The molecule has 0 aliphatic rings. The van der Waals surface area contributed by atoms with E-state index in [9.17, 15) is 4.79 Å². The van der Waals surface area contributed by atoms with Crippen molar-refractivity contribution in [3.05, 3.63) is 42.2 Å². The Labute approximate surface area is 174 Å². The molecule has 0 saturated carbocycles. The van der Waals surface area contributed by atoms with Crippen LogP contribution in [-0.2, 0) is 16.0 Å². The summed E-state index contributed by atoms with van der Waals surface area (Å²) in [5.41, 5.74) is 2.02. The van der Waals surface area contributed by atoms with Gasteiger partial charge < -0.3 is 9.47 Å². The first-order valence-corrected chi connectivity index (χ1v) is 10.9. The molecule has 5 nitrogen and oxygen atoms in total. The van der Waals surface area contributed by atoms with Crippen molar-refractivity contribution in [2.45, 2.75) is 78.2 Å². The van der Waals surface area contributed by atoms with Crippen LogP contribution in [-0.4, -0.2) is 28.6 Å². The molecule has 0 fully saturated rings. The van der Waals surface area contributed by atoms with Gasteiger partial charge in [-0.3, -0.25) is 0 Å². The Balaban J connectivity index is 1.75. The fraction of sp³-hybridized carbons (Fsp3) is 0.542. The number of carbonyl (C=O) groups excluding carboxylic acids is 1. The number of carbonyl (C=O) groups is 1. The summed E-state index contributed by atoms with van der Waals surface area (Å²) >= 11 is 0. The van der Waals surface area contributed by atoms with Crippen molar-refractivity contribution < 1.29 is 14.3 Å². The summed E-state index contributed by atoms with van der Waals surface area (Å²) in [7, 11) is 0. The van der Waals surface area contributed by atoms with Crippen LogP contribution in [0.5, 0.6) is 5.75 Å². The van der Waals surface area contributed by atoms with Crippen LogP contribution in [0.4, 0.5) is 0 Å². The van der Waals surface area contributed by atoms with E-state index in [2.05, 4.69) is 23.8 Å². The number of aromatic nitrogens is 2. The number of nitrogens with zero attached hydrogens (tertiary/aromatic N) is 2. The van der Waals surface area contributed by atoms with E-state index in [0.717, 1.165) is 36.8 Å². The van der Waals surface area contributed by atoms with Gasteiger partial charge in [0.15, 0.2) is 11.9 Å². The number of unbranched alkanes of at least 4 members (excludes halogenated alkanes) is 5. The van der Waals surface area contributed by atoms with Crippen molar-refractivity contribution in [3.8, 4) is 17.1 Å². The third-order valence-electron chi connectivity index (χ3n) is 4.77. The third kappa shape index (κ3) is 8.32. The number of esters is 1. The van der Waals surface area contributed by atoms with Crippen LogP contribution in [0.3, 0.4) is 0 Å². The molecule has 0 saturated heterocycles. The summed E-state index contributed by atoms with van der Waals surface area (Å²) < 4.78 is 11.0. The SMILES string of the molecule is CCCCCCCCOC(C)C(=O)Oc1ccc(-c2ncc(CCC)cn2)cc1. The summed E-state index contributed by atoms with van der Waals surface area (Å²) in [5, 5.41) is 0. The Morgan fingerprint density at radius 1 is 0.931 bits per heavy atom. The maximum absolute atomic E-state index is 12.2. The van der Waals surface area contributed by atoms with Gasteiger partial charge in [-0.25, -0.2) is 14.8 Å². The summed E-state index contributed by atoms with van der Waals surface area (Å²) in [4.78, 5) is 21.0. The first-order chi connectivity index (χ1) is 14.1. The minimum atomic E-state index is -0.570. The van der Waals surface area contributed by atoms with E-state index < -0.39 is 6.10 Å². The number of hydrogen-bond donors (Lipinski definition) is 0. The zero-order chi connectivity index (χ0) is 20.9. The zero-order valence-corrected chi connectivity index (χ0v) is 18.0. The minimum absolute atomic E-state index is 0.371. The monoisotopic (exact) mass is 398 g/mol. The molecule has 0 bridgehead atoms. The van der Waals surface area contributed by atoms with Gasteiger partial charge in [0.2, 0.25) is 0 Å². The number of benzene rings is 1. The molecule has 5 heteroatoms. The maximum Gasteiger partial charge on any atom is 0.340 e. The van der Waals surface area contributed by atoms with Crippen LogP contribution in [0, 0.1) is 0 Å². The molecule has 0 amide bonds. The predicted molar refractivity (Wildman–Crippen MR) is 116 cm³/mol. The van der Waals surface area contributed by atoms with Gasteiger partial charge in [-0.05, 0) is 49.6 Å². The van der Waals surface area contributed by atoms with Gasteiger partial charge >= 0.3 is 5.97 Å². The maximum atomic E-state index is 12.2. The van der Waals surface area contributed by atoms with E-state index in [1.807, 2.05) is 24.5 Å². The number of aryl methyl sites for hydroxylation is 1. The Morgan fingerprint density at radius 2 is 1.59 bits per heavy atom. The van der Waals surface area contributed by atoms with E-state index in [-0.39, 0.29) is 5.97 Å². The molecule has 1 atom stereocenters. The molecule has 0 spiro atoms. The van der Waals surface area contributed by atoms with Gasteiger partial charge in [0.25, 0.3) is 0 Å². The highest BCUT2D eigenvalue weighted by Crippen LogP contribution is 2.20. The average molecular weight is 399 g/mol. The van der Waals surface area contributed by atoms with Gasteiger partial charge in [0.05, 0.1) is 0 Å². The Kier molecular flexibility index (Phi) is 10.4. The lowest BCUT2D eigenvalue weighted by atomic mass is 10.1. The lowest BCUT2D eigenvalue weighted by molar-refractivity contribution is -0.146. The topological polar surface area (TPSA) is 61.3 Å². The van der Waals surface area contributed by atoms with Gasteiger partial charge in [-0.15, -0.1) is 0 Å². The first kappa shape index (κ1) is 23.0. The first-order valence-electron chi connectivity index (χ1n) is 10.9. The van der Waals surface area contributed by atoms with Crippen LogP contribution in [0.1, 0.15) is 71.3 Å². The van der Waals surface area contributed by atoms with Crippen molar-refractivity contribution in [2.24, 2.45) is 0 Å². The quantitative estimate of drug-likeness (QED) is 0.244. The van der Waals surface area contributed by atoms with E-state index in [1.54, 1.807) is 19.1 Å². The molecule has 29 heavy (non-hydrogen) atoms. The number of ether oxygens (including phenoxy) is 2. The molecule has 1 unspecified atom stereocenters. The highest BCUT2D eigenvalue weighted by Gasteiger charge is 2.16. The molecule has 0 aliphatic heterocycles. The van der Waals surface area contributed by atoms with Crippen LogP contribution in [0.25, 0.3) is 11.4 Å². The van der Waals surface area contributed by atoms with Crippen molar-refractivity contribution in [1.82, 2.24) is 9.97 Å². The Morgan fingerprint density at radius 3 is 2.24 bits per heavy atom. The second kappa shape index (κ2) is 13.0. The summed E-state index contributed by atoms with van der Waals surface area (Å²) in [5.74, 6) is 0.790. The van der Waals surface area contributed by atoms with Crippen LogP contribution < -0.4 is 4.74 Å². The smallest absolute Gasteiger partial charge is 0.340 e. The van der Waals surface area contributed by atoms with Gasteiger partial charge in [-0.1, -0.05) is 52.4 Å². The van der Waals surface area contributed by atoms with E-state index >= 15 is 0 Å². The highest BCUT2D eigenvalue weighted by molar-refractivity contribution is 5.77. The molecule has 0 N–H and O–H groups in total. The molecule has 1 aromatic carbocycles. The second-order valence-electron chi connectivity index (χ2n) is 7.39. The molecule has 2 rings (SSSR count). The lowest BCUT2D eigenvalue weighted by Crippen LogP contribution is -2.26. The van der Waals surface area contributed by atoms with Crippen LogP contribution >= 0.6 is 0 Å². The van der Waals surface area contributed by atoms with E-state index in [1.165, 1.54) is 25.7 Å². The zero-order valence-electron chi connectivity index (χ0n) is 18.0. The summed E-state index contributed by atoms with van der Waals surface area (Å²) in [6, 6.07) is 7.24. The van der Waals surface area contributed by atoms with Crippen LogP contribution in [0.15, 0.2) is 36.7 Å². The Hall–Kier alpha value is -2.27. The van der Waals surface area contributed by atoms with Crippen molar-refractivity contribution >= 4 is 5.97 Å². The fourth-order valence-electron chi connectivity index (χ4n) is 3.00. The molecule has 0 radical (unpaired) electrons. The Bertz CT molecular complexity index is 714. The molecule has 0 aliphatic carbocycles. The third-order valence-corrected chi connectivity index (χ3v) is 4.77. The molecule has 2 aromatic rings. The van der Waals surface area contributed by atoms with Gasteiger partial charge in [0.1, 0.15) is 5.75 Å². The average Bonchev–Trinajstić information content (AvgIpc) is 2.74. The van der Waals surface area contributed by atoms with Gasteiger partial charge in [-0.2, -0.15) is 0 Å². The van der Waals surface area contributed by atoms with Crippen molar-refractivity contribution in [2.75, 3.05) is 6.61 Å². The fourth-order valence-corrected chi connectivity index (χ4v) is 3.00. The van der Waals surface area contributed by atoms with Gasteiger partial charge in [0, 0.05) is 24.6 Å². The molecule has 1 aromatic heterocycles. The normalized spacial score (nSPS) is 12.0. The standard InChI is InChI=1S/C24H34N2O3/c1-4-6-7-8-9-10-16-28-19(3)24(27)29-22-14-12-21(13-15-22)23-25-17-20(11-5-2)18-26-23/h12-15,17-19H,4-11,16H2,1-3H3. The number of hydrogen-bond acceptors (Lipinski definition) is 5. The van der Waals surface area contributed by atoms with Crippen molar-refractivity contribution in [3.63, 3.8) is 0 Å². The predicted octanol–water partition coefficient (Wildman–Crippen LogP) is 5.77. The van der Waals surface area contributed by atoms with Crippen LogP contribution in [0.2, 0.25) is 0 Å². The highest BCUT2D eigenvalue weighted by atomic mass is 16.6. The van der Waals surface area contributed by atoms with E-state index in [0.29, 0.717) is 18.2 Å². The van der Waals surface area contributed by atoms with Crippen molar-refractivity contribution in [1.29, 1.82) is 0 Å². The second-order valence-corrected chi connectivity index (χ2v) is 7.39. The summed E-state index contributed by atoms with van der Waals surface area (Å²) in [6.45, 7) is 6.67. The molecular weight excluding hydrogens is 364 g/mol. The summed E-state index contributed by atoms with van der Waals surface area (Å²) in [6.07, 6.45) is 12.4. The lowest BCUT2D eigenvalue weighted by Gasteiger charge is -2.12. The largest absolute Gasteiger partial charge is 0.425 e.